The molecule has 0 fully saturated rings. The predicted molar refractivity (Wildman–Crippen MR) is 68.5 cm³/mol. The van der Waals surface area contributed by atoms with Crippen molar-refractivity contribution in [1.82, 2.24) is 9.97 Å². The minimum atomic E-state index is -0.392. The summed E-state index contributed by atoms with van der Waals surface area (Å²) >= 11 is 0. The van der Waals surface area contributed by atoms with Crippen molar-refractivity contribution >= 4 is 11.4 Å². The number of aryl methyl sites for hydroxylation is 1. The summed E-state index contributed by atoms with van der Waals surface area (Å²) in [4.78, 5) is 17.6. The monoisotopic (exact) mass is 246 g/mol. The fourth-order valence-electron chi connectivity index (χ4n) is 1.74. The zero-order valence-corrected chi connectivity index (χ0v) is 10.2. The van der Waals surface area contributed by atoms with E-state index in [2.05, 4.69) is 15.3 Å². The molecule has 0 saturated carbocycles. The number of H-pyrrole nitrogens is 1. The Labute approximate surface area is 104 Å². The maximum atomic E-state index is 10.9. The molecule has 18 heavy (non-hydrogen) atoms. The predicted octanol–water partition coefficient (Wildman–Crippen LogP) is 2.80. The Morgan fingerprint density at radius 1 is 1.50 bits per heavy atom. The number of aromatic nitrogens is 2. The molecule has 94 valence electrons. The average Bonchev–Trinajstić information content (AvgIpc) is 2.81. The minimum Gasteiger partial charge on any atom is -0.370 e. The van der Waals surface area contributed by atoms with Crippen LogP contribution in [0, 0.1) is 17.0 Å². The normalized spacial score (nSPS) is 12.1. The van der Waals surface area contributed by atoms with Gasteiger partial charge in [-0.3, -0.25) is 10.1 Å². The second-order valence-electron chi connectivity index (χ2n) is 4.12. The van der Waals surface area contributed by atoms with E-state index in [1.54, 1.807) is 24.5 Å². The molecule has 0 aliphatic rings. The number of hydrogen-bond donors (Lipinski definition) is 2. The highest BCUT2D eigenvalue weighted by Gasteiger charge is 2.16. The van der Waals surface area contributed by atoms with Crippen molar-refractivity contribution in [3.8, 4) is 0 Å². The van der Waals surface area contributed by atoms with Crippen LogP contribution in [0.5, 0.6) is 0 Å². The van der Waals surface area contributed by atoms with Crippen molar-refractivity contribution in [2.75, 3.05) is 5.32 Å². The van der Waals surface area contributed by atoms with Crippen LogP contribution in [0.3, 0.4) is 0 Å². The summed E-state index contributed by atoms with van der Waals surface area (Å²) in [5, 5.41) is 14.0. The summed E-state index contributed by atoms with van der Waals surface area (Å²) in [6.07, 6.45) is 3.37. The quantitative estimate of drug-likeness (QED) is 0.641. The van der Waals surface area contributed by atoms with Gasteiger partial charge in [0.15, 0.2) is 0 Å². The molecule has 2 N–H and O–H groups in total. The minimum absolute atomic E-state index is 0.0685. The van der Waals surface area contributed by atoms with Crippen LogP contribution in [0.1, 0.15) is 24.4 Å². The molecule has 0 bridgehead atoms. The van der Waals surface area contributed by atoms with Crippen molar-refractivity contribution in [3.05, 3.63) is 52.1 Å². The maximum Gasteiger partial charge on any atom is 0.292 e. The number of nitro groups is 1. The Morgan fingerprint density at radius 2 is 2.28 bits per heavy atom. The molecule has 0 aliphatic heterocycles. The van der Waals surface area contributed by atoms with Gasteiger partial charge in [0, 0.05) is 18.5 Å². The fraction of sp³-hybridized carbons (Fsp3) is 0.250. The van der Waals surface area contributed by atoms with E-state index in [4.69, 9.17) is 0 Å². The highest BCUT2D eigenvalue weighted by atomic mass is 16.6. The summed E-state index contributed by atoms with van der Waals surface area (Å²) in [6, 6.07) is 4.87. The van der Waals surface area contributed by atoms with E-state index in [1.807, 2.05) is 13.8 Å². The third-order valence-corrected chi connectivity index (χ3v) is 2.65. The van der Waals surface area contributed by atoms with Gasteiger partial charge in [-0.15, -0.1) is 0 Å². The Hall–Kier alpha value is -2.37. The first-order valence-corrected chi connectivity index (χ1v) is 5.59. The summed E-state index contributed by atoms with van der Waals surface area (Å²) in [7, 11) is 0. The zero-order valence-electron chi connectivity index (χ0n) is 10.2. The van der Waals surface area contributed by atoms with Gasteiger partial charge in [0.1, 0.15) is 11.5 Å². The molecule has 0 amide bonds. The zero-order chi connectivity index (χ0) is 13.1. The largest absolute Gasteiger partial charge is 0.370 e. The van der Waals surface area contributed by atoms with Gasteiger partial charge in [-0.05, 0) is 25.5 Å². The van der Waals surface area contributed by atoms with Gasteiger partial charge in [-0.1, -0.05) is 6.07 Å². The van der Waals surface area contributed by atoms with Gasteiger partial charge in [-0.2, -0.15) is 0 Å². The van der Waals surface area contributed by atoms with Gasteiger partial charge in [-0.25, -0.2) is 4.98 Å². The van der Waals surface area contributed by atoms with Gasteiger partial charge in [0.2, 0.25) is 0 Å². The van der Waals surface area contributed by atoms with Crippen LogP contribution < -0.4 is 5.32 Å². The third kappa shape index (κ3) is 2.48. The first-order chi connectivity index (χ1) is 8.58. The molecule has 1 atom stereocenters. The number of aromatic amines is 1. The van der Waals surface area contributed by atoms with E-state index in [1.165, 1.54) is 6.07 Å². The molecule has 0 saturated heterocycles. The molecule has 0 spiro atoms. The van der Waals surface area contributed by atoms with Crippen molar-refractivity contribution in [2.45, 2.75) is 19.9 Å². The van der Waals surface area contributed by atoms with E-state index in [9.17, 15) is 10.1 Å². The maximum absolute atomic E-state index is 10.9. The smallest absolute Gasteiger partial charge is 0.292 e. The molecule has 0 aliphatic carbocycles. The molecular weight excluding hydrogens is 232 g/mol. The summed E-state index contributed by atoms with van der Waals surface area (Å²) < 4.78 is 0. The number of nitro benzene ring substituents is 1. The second kappa shape index (κ2) is 4.87. The van der Waals surface area contributed by atoms with Crippen LogP contribution in [-0.4, -0.2) is 14.9 Å². The first-order valence-electron chi connectivity index (χ1n) is 5.59. The third-order valence-electron chi connectivity index (χ3n) is 2.65. The van der Waals surface area contributed by atoms with Crippen LogP contribution in [0.4, 0.5) is 11.4 Å². The standard InChI is InChI=1S/C12H14N4O2/c1-8-3-4-11(16(17)18)10(7-8)15-9(2)12-13-5-6-14-12/h3-7,9,15H,1-2H3,(H,13,14). The molecule has 1 aromatic heterocycles. The van der Waals surface area contributed by atoms with Gasteiger partial charge in [0.05, 0.1) is 11.0 Å². The first kappa shape index (κ1) is 12.1. The molecule has 2 rings (SSSR count). The highest BCUT2D eigenvalue weighted by molar-refractivity contribution is 5.63. The number of anilines is 1. The molecule has 6 heteroatoms. The van der Waals surface area contributed by atoms with Crippen molar-refractivity contribution in [3.63, 3.8) is 0 Å². The van der Waals surface area contributed by atoms with Crippen molar-refractivity contribution < 1.29 is 4.92 Å². The van der Waals surface area contributed by atoms with Crippen molar-refractivity contribution in [2.24, 2.45) is 0 Å². The number of nitrogens with one attached hydrogen (secondary N) is 2. The molecule has 1 unspecified atom stereocenters. The van der Waals surface area contributed by atoms with Crippen LogP contribution in [0.2, 0.25) is 0 Å². The molecule has 1 heterocycles. The van der Waals surface area contributed by atoms with Crippen LogP contribution in [0.25, 0.3) is 0 Å². The van der Waals surface area contributed by atoms with Crippen LogP contribution >= 0.6 is 0 Å². The van der Waals surface area contributed by atoms with E-state index in [-0.39, 0.29) is 11.7 Å². The number of imidazole rings is 1. The van der Waals surface area contributed by atoms with E-state index < -0.39 is 4.92 Å². The number of hydrogen-bond acceptors (Lipinski definition) is 4. The fourth-order valence-corrected chi connectivity index (χ4v) is 1.74. The Kier molecular flexibility index (Phi) is 3.27. The Morgan fingerprint density at radius 3 is 2.89 bits per heavy atom. The topological polar surface area (TPSA) is 83.8 Å². The number of rotatable bonds is 4. The van der Waals surface area contributed by atoms with Gasteiger partial charge >= 0.3 is 0 Å². The lowest BCUT2D eigenvalue weighted by Crippen LogP contribution is -2.10. The highest BCUT2D eigenvalue weighted by Crippen LogP contribution is 2.28. The van der Waals surface area contributed by atoms with Gasteiger partial charge < -0.3 is 10.3 Å². The molecule has 1 aromatic carbocycles. The number of nitrogens with zero attached hydrogens (tertiary/aromatic N) is 2. The summed E-state index contributed by atoms with van der Waals surface area (Å²) in [6.45, 7) is 3.79. The molecule has 2 aromatic rings. The average molecular weight is 246 g/mol. The lowest BCUT2D eigenvalue weighted by molar-refractivity contribution is -0.384. The van der Waals surface area contributed by atoms with Gasteiger partial charge in [0.25, 0.3) is 5.69 Å². The van der Waals surface area contributed by atoms with E-state index in [0.717, 1.165) is 11.4 Å². The van der Waals surface area contributed by atoms with Crippen molar-refractivity contribution in [1.29, 1.82) is 0 Å². The molecular formula is C12H14N4O2. The summed E-state index contributed by atoms with van der Waals surface area (Å²) in [5.74, 6) is 0.741. The number of benzene rings is 1. The van der Waals surface area contributed by atoms with Crippen LogP contribution in [-0.2, 0) is 0 Å². The molecule has 0 radical (unpaired) electrons. The molecule has 6 nitrogen and oxygen atoms in total. The van der Waals surface area contributed by atoms with E-state index in [0.29, 0.717) is 5.69 Å². The van der Waals surface area contributed by atoms with Crippen LogP contribution in [0.15, 0.2) is 30.6 Å². The second-order valence-corrected chi connectivity index (χ2v) is 4.12. The lowest BCUT2D eigenvalue weighted by Gasteiger charge is -2.13. The SMILES string of the molecule is Cc1ccc([N+](=O)[O-])c(NC(C)c2ncc[nH]2)c1. The lowest BCUT2D eigenvalue weighted by atomic mass is 10.1. The van der Waals surface area contributed by atoms with E-state index >= 15 is 0 Å². The Bertz CT molecular complexity index is 551. The summed E-state index contributed by atoms with van der Waals surface area (Å²) in [5.41, 5.74) is 1.54. The Balaban J connectivity index is 2.28.